The maximum atomic E-state index is 13.8. The monoisotopic (exact) mass is 581 g/mol. The van der Waals surface area contributed by atoms with Gasteiger partial charge in [0.05, 0.1) is 28.5 Å². The summed E-state index contributed by atoms with van der Waals surface area (Å²) in [7, 11) is 1.33. The number of carbonyl (C=O) groups excluding carboxylic acids is 2. The summed E-state index contributed by atoms with van der Waals surface area (Å²) in [5.41, 5.74) is 2.30. The molecule has 0 spiro atoms. The molecule has 1 N–H and O–H groups in total. The second-order valence-electron chi connectivity index (χ2n) is 9.16. The SMILES string of the molecule is COC(=O)c1ccccc1-c1ccc(C=c2sc3n(c2=O)C(c2cccs2)C(C(=O)Nc2ccccc2)=C(C)N=3)o1. The average Bonchev–Trinajstić information content (AvgIpc) is 3.74. The van der Waals surface area contributed by atoms with E-state index < -0.39 is 12.0 Å². The van der Waals surface area contributed by atoms with Crippen LogP contribution in [0.5, 0.6) is 0 Å². The highest BCUT2D eigenvalue weighted by atomic mass is 32.1. The van der Waals surface area contributed by atoms with Crippen molar-refractivity contribution in [2.24, 2.45) is 4.99 Å². The Hall–Kier alpha value is -4.80. The van der Waals surface area contributed by atoms with Gasteiger partial charge in [-0.05, 0) is 48.7 Å². The van der Waals surface area contributed by atoms with Crippen LogP contribution in [0.1, 0.15) is 34.0 Å². The van der Waals surface area contributed by atoms with Crippen LogP contribution in [0.25, 0.3) is 17.4 Å². The van der Waals surface area contributed by atoms with E-state index in [0.29, 0.717) is 48.9 Å². The Morgan fingerprint density at radius 2 is 1.80 bits per heavy atom. The molecule has 1 aliphatic rings. The summed E-state index contributed by atoms with van der Waals surface area (Å²) in [6.45, 7) is 1.79. The van der Waals surface area contributed by atoms with Crippen LogP contribution in [-0.4, -0.2) is 23.6 Å². The lowest BCUT2D eigenvalue weighted by Crippen LogP contribution is -2.40. The van der Waals surface area contributed by atoms with Gasteiger partial charge in [-0.1, -0.05) is 53.8 Å². The molecule has 0 aliphatic carbocycles. The summed E-state index contributed by atoms with van der Waals surface area (Å²) in [4.78, 5) is 45.6. The molecule has 1 aliphatic heterocycles. The van der Waals surface area contributed by atoms with Crippen LogP contribution in [0.2, 0.25) is 0 Å². The van der Waals surface area contributed by atoms with Gasteiger partial charge in [0.2, 0.25) is 0 Å². The summed E-state index contributed by atoms with van der Waals surface area (Å²) in [6, 6.07) is 22.8. The third kappa shape index (κ3) is 4.99. The van der Waals surface area contributed by atoms with Crippen LogP contribution < -0.4 is 20.2 Å². The Morgan fingerprint density at radius 1 is 1.02 bits per heavy atom. The zero-order chi connectivity index (χ0) is 28.5. The van der Waals surface area contributed by atoms with Crippen molar-refractivity contribution >= 4 is 46.3 Å². The van der Waals surface area contributed by atoms with Gasteiger partial charge in [0.1, 0.15) is 17.6 Å². The molecule has 41 heavy (non-hydrogen) atoms. The Labute approximate surface area is 242 Å². The van der Waals surface area contributed by atoms with Gasteiger partial charge in [0.15, 0.2) is 4.80 Å². The Balaban J connectivity index is 1.42. The molecule has 2 aromatic carbocycles. The topological polar surface area (TPSA) is 103 Å². The lowest BCUT2D eigenvalue weighted by molar-refractivity contribution is -0.113. The van der Waals surface area contributed by atoms with Crippen molar-refractivity contribution in [3.63, 3.8) is 0 Å². The number of hydrogen-bond donors (Lipinski definition) is 1. The molecule has 0 fully saturated rings. The molecular formula is C31H23N3O5S2. The van der Waals surface area contributed by atoms with Crippen LogP contribution in [0, 0.1) is 0 Å². The molecule has 10 heteroatoms. The number of methoxy groups -OCH3 is 1. The molecule has 6 rings (SSSR count). The molecule has 204 valence electrons. The fraction of sp³-hybridized carbons (Fsp3) is 0.0968. The average molecular weight is 582 g/mol. The van der Waals surface area contributed by atoms with Crippen LogP contribution in [0.3, 0.4) is 0 Å². The van der Waals surface area contributed by atoms with Crippen molar-refractivity contribution in [3.05, 3.63) is 131 Å². The van der Waals surface area contributed by atoms with E-state index in [-0.39, 0.29) is 11.5 Å². The van der Waals surface area contributed by atoms with E-state index in [1.807, 2.05) is 47.8 Å². The maximum Gasteiger partial charge on any atom is 0.338 e. The van der Waals surface area contributed by atoms with E-state index in [2.05, 4.69) is 10.3 Å². The molecule has 1 amide bonds. The number of esters is 1. The molecule has 5 aromatic rings. The second-order valence-corrected chi connectivity index (χ2v) is 11.1. The lowest BCUT2D eigenvalue weighted by Gasteiger charge is -2.24. The summed E-state index contributed by atoms with van der Waals surface area (Å²) >= 11 is 2.70. The second kappa shape index (κ2) is 11.0. The van der Waals surface area contributed by atoms with Crippen molar-refractivity contribution in [2.45, 2.75) is 13.0 Å². The highest BCUT2D eigenvalue weighted by Gasteiger charge is 2.33. The minimum atomic E-state index is -0.629. The van der Waals surface area contributed by atoms with E-state index >= 15 is 0 Å². The van der Waals surface area contributed by atoms with Crippen molar-refractivity contribution in [3.8, 4) is 11.3 Å². The zero-order valence-electron chi connectivity index (χ0n) is 22.0. The predicted octanol–water partition coefficient (Wildman–Crippen LogP) is 4.98. The molecule has 3 aromatic heterocycles. The first-order valence-corrected chi connectivity index (χ1v) is 14.3. The van der Waals surface area contributed by atoms with E-state index in [1.165, 1.54) is 29.8 Å². The number of carbonyl (C=O) groups is 2. The number of allylic oxidation sites excluding steroid dienone is 1. The van der Waals surface area contributed by atoms with E-state index in [9.17, 15) is 14.4 Å². The number of para-hydroxylation sites is 1. The van der Waals surface area contributed by atoms with Crippen molar-refractivity contribution in [1.82, 2.24) is 4.57 Å². The standard InChI is InChI=1S/C31H23N3O5S2/c1-18-26(28(35)33-19-9-4-3-5-10-19)27(24-13-8-16-40-24)34-29(36)25(41-31(34)32-18)17-20-14-15-23(39-20)21-11-6-7-12-22(21)30(37)38-2/h3-17,27H,1-2H3,(H,33,35). The normalized spacial score (nSPS) is 14.9. The van der Waals surface area contributed by atoms with Gasteiger partial charge in [-0.25, -0.2) is 9.79 Å². The Kier molecular flexibility index (Phi) is 7.08. The van der Waals surface area contributed by atoms with Crippen LogP contribution in [0.4, 0.5) is 5.69 Å². The van der Waals surface area contributed by atoms with Crippen LogP contribution >= 0.6 is 22.7 Å². The van der Waals surface area contributed by atoms with Crippen molar-refractivity contribution in [1.29, 1.82) is 0 Å². The zero-order valence-corrected chi connectivity index (χ0v) is 23.6. The van der Waals surface area contributed by atoms with E-state index in [0.717, 1.165) is 4.88 Å². The number of benzene rings is 2. The molecular weight excluding hydrogens is 558 g/mol. The number of nitrogens with zero attached hydrogens (tertiary/aromatic N) is 2. The van der Waals surface area contributed by atoms with E-state index in [4.69, 9.17) is 9.15 Å². The van der Waals surface area contributed by atoms with Gasteiger partial charge in [0, 0.05) is 22.2 Å². The number of anilines is 1. The molecule has 0 bridgehead atoms. The molecule has 4 heterocycles. The van der Waals surface area contributed by atoms with Crippen LogP contribution in [-0.2, 0) is 9.53 Å². The van der Waals surface area contributed by atoms with Gasteiger partial charge in [-0.3, -0.25) is 14.2 Å². The van der Waals surface area contributed by atoms with Gasteiger partial charge in [-0.15, -0.1) is 11.3 Å². The molecule has 0 saturated carbocycles. The molecule has 1 atom stereocenters. The number of thiophene rings is 1. The fourth-order valence-electron chi connectivity index (χ4n) is 4.74. The third-order valence-electron chi connectivity index (χ3n) is 6.61. The number of nitrogens with one attached hydrogen (secondary N) is 1. The summed E-state index contributed by atoms with van der Waals surface area (Å²) in [5, 5.41) is 4.87. The van der Waals surface area contributed by atoms with Crippen molar-refractivity contribution < 1.29 is 18.7 Å². The Bertz CT molecular complexity index is 1980. The molecule has 8 nitrogen and oxygen atoms in total. The summed E-state index contributed by atoms with van der Waals surface area (Å²) in [6.07, 6.45) is 1.66. The highest BCUT2D eigenvalue weighted by Crippen LogP contribution is 2.33. The van der Waals surface area contributed by atoms with Gasteiger partial charge in [0.25, 0.3) is 11.5 Å². The number of aromatic nitrogens is 1. The first-order valence-electron chi connectivity index (χ1n) is 12.6. The largest absolute Gasteiger partial charge is 0.465 e. The minimum absolute atomic E-state index is 0.280. The number of furan rings is 1. The number of thiazole rings is 1. The molecule has 1 unspecified atom stereocenters. The maximum absolute atomic E-state index is 13.8. The summed E-state index contributed by atoms with van der Waals surface area (Å²) < 4.78 is 12.9. The lowest BCUT2D eigenvalue weighted by atomic mass is 10.0. The summed E-state index contributed by atoms with van der Waals surface area (Å²) in [5.74, 6) is 0.126. The number of rotatable bonds is 6. The smallest absolute Gasteiger partial charge is 0.338 e. The predicted molar refractivity (Wildman–Crippen MR) is 159 cm³/mol. The highest BCUT2D eigenvalue weighted by molar-refractivity contribution is 7.10. The van der Waals surface area contributed by atoms with Gasteiger partial charge < -0.3 is 14.5 Å². The van der Waals surface area contributed by atoms with E-state index in [1.54, 1.807) is 54.0 Å². The number of fused-ring (bicyclic) bond motifs is 1. The number of amides is 1. The Morgan fingerprint density at radius 3 is 2.56 bits per heavy atom. The van der Waals surface area contributed by atoms with Crippen LogP contribution in [0.15, 0.2) is 110 Å². The quantitative estimate of drug-likeness (QED) is 0.285. The first kappa shape index (κ1) is 26.4. The van der Waals surface area contributed by atoms with Gasteiger partial charge >= 0.3 is 5.97 Å². The van der Waals surface area contributed by atoms with Crippen molar-refractivity contribution in [2.75, 3.05) is 12.4 Å². The fourth-order valence-corrected chi connectivity index (χ4v) is 6.59. The van der Waals surface area contributed by atoms with Gasteiger partial charge in [-0.2, -0.15) is 0 Å². The third-order valence-corrected chi connectivity index (χ3v) is 8.52. The first-order chi connectivity index (χ1) is 19.9. The molecule has 0 radical (unpaired) electrons. The number of ether oxygens (including phenoxy) is 1. The molecule has 0 saturated heterocycles. The minimum Gasteiger partial charge on any atom is -0.465 e. The number of hydrogen-bond acceptors (Lipinski definition) is 8.